The number of hydrogen-bond acceptors (Lipinski definition) is 3. The van der Waals surface area contributed by atoms with Crippen LogP contribution in [0, 0.1) is 0 Å². The largest absolute Gasteiger partial charge is 0.456 e. The van der Waals surface area contributed by atoms with Gasteiger partial charge in [0.05, 0.1) is 5.69 Å². The molecule has 12 rings (SSSR count). The van der Waals surface area contributed by atoms with Crippen molar-refractivity contribution in [3.63, 3.8) is 0 Å². The molecule has 0 bridgehead atoms. The average molecular weight is 772 g/mol. The van der Waals surface area contributed by atoms with Gasteiger partial charge in [0.1, 0.15) is 11.2 Å². The zero-order valence-electron chi connectivity index (χ0n) is 32.2. The molecule has 1 aliphatic rings. The van der Waals surface area contributed by atoms with E-state index < -0.39 is 0 Å². The van der Waals surface area contributed by atoms with Gasteiger partial charge in [-0.2, -0.15) is 0 Å². The number of para-hydroxylation sites is 1. The van der Waals surface area contributed by atoms with Gasteiger partial charge in [-0.3, -0.25) is 0 Å². The smallest absolute Gasteiger partial charge is 0.136 e. The minimum atomic E-state index is 0.897. The maximum atomic E-state index is 6.37. The lowest BCUT2D eigenvalue weighted by molar-refractivity contribution is 0.669. The summed E-state index contributed by atoms with van der Waals surface area (Å²) in [6.07, 6.45) is 6.86. The molecule has 2 heterocycles. The van der Waals surface area contributed by atoms with E-state index in [2.05, 4.69) is 199 Å². The zero-order chi connectivity index (χ0) is 38.9. The fraction of sp³-hybridized carbons (Fsp3) is 0.0357. The van der Waals surface area contributed by atoms with E-state index in [0.29, 0.717) is 0 Å². The van der Waals surface area contributed by atoms with Gasteiger partial charge in [-0.05, 0) is 122 Å². The van der Waals surface area contributed by atoms with Gasteiger partial charge in [0.2, 0.25) is 0 Å². The van der Waals surface area contributed by atoms with Crippen molar-refractivity contribution in [2.24, 2.45) is 0 Å². The normalized spacial score (nSPS) is 12.5. The molecule has 0 N–H and O–H groups in total. The van der Waals surface area contributed by atoms with Gasteiger partial charge in [0.15, 0.2) is 0 Å². The summed E-state index contributed by atoms with van der Waals surface area (Å²) in [6.45, 7) is 0. The quantitative estimate of drug-likeness (QED) is 0.157. The molecule has 0 radical (unpaired) electrons. The van der Waals surface area contributed by atoms with Crippen LogP contribution in [0.5, 0.6) is 0 Å². The zero-order valence-corrected chi connectivity index (χ0v) is 33.0. The third kappa shape index (κ3) is 5.61. The Labute approximate surface area is 346 Å². The molecule has 0 atom stereocenters. The number of allylic oxidation sites excluding steroid dienone is 1. The lowest BCUT2D eigenvalue weighted by Crippen LogP contribution is -2.11. The van der Waals surface area contributed by atoms with Gasteiger partial charge in [-0.25, -0.2) is 0 Å². The fourth-order valence-corrected chi connectivity index (χ4v) is 10.6. The first kappa shape index (κ1) is 33.9. The Hall–Kier alpha value is -7.20. The first-order valence-corrected chi connectivity index (χ1v) is 21.2. The molecule has 278 valence electrons. The predicted octanol–water partition coefficient (Wildman–Crippen LogP) is 16.5. The third-order valence-electron chi connectivity index (χ3n) is 12.1. The van der Waals surface area contributed by atoms with Crippen LogP contribution >= 0.6 is 11.3 Å². The first-order valence-electron chi connectivity index (χ1n) is 20.4. The van der Waals surface area contributed by atoms with Crippen LogP contribution in [0.2, 0.25) is 0 Å². The van der Waals surface area contributed by atoms with Crippen LogP contribution in [0.3, 0.4) is 0 Å². The number of hydrogen-bond donors (Lipinski definition) is 0. The van der Waals surface area contributed by atoms with Crippen molar-refractivity contribution in [2.45, 2.75) is 12.8 Å². The van der Waals surface area contributed by atoms with Gasteiger partial charge < -0.3 is 9.32 Å². The monoisotopic (exact) mass is 771 g/mol. The number of thiophene rings is 1. The Kier molecular flexibility index (Phi) is 7.89. The Morgan fingerprint density at radius 1 is 0.458 bits per heavy atom. The van der Waals surface area contributed by atoms with E-state index in [1.54, 1.807) is 0 Å². The Balaban J connectivity index is 1.14. The van der Waals surface area contributed by atoms with E-state index in [1.165, 1.54) is 64.3 Å². The maximum absolute atomic E-state index is 6.37. The molecule has 9 aromatic carbocycles. The average Bonchev–Trinajstić information content (AvgIpc) is 3.88. The molecule has 0 amide bonds. The Bertz CT molecular complexity index is 3460. The van der Waals surface area contributed by atoms with Crippen LogP contribution in [-0.4, -0.2) is 0 Å². The van der Waals surface area contributed by atoms with E-state index in [1.807, 2.05) is 17.4 Å². The molecule has 0 saturated heterocycles. The molecule has 59 heavy (non-hydrogen) atoms. The minimum Gasteiger partial charge on any atom is -0.456 e. The second kappa shape index (κ2) is 13.7. The molecular formula is C56H37NOS. The molecule has 3 heteroatoms. The van der Waals surface area contributed by atoms with Gasteiger partial charge in [-0.1, -0.05) is 146 Å². The van der Waals surface area contributed by atoms with Crippen LogP contribution in [0.25, 0.3) is 93.0 Å². The van der Waals surface area contributed by atoms with Crippen molar-refractivity contribution in [2.75, 3.05) is 4.90 Å². The number of nitrogens with zero attached hydrogens (tertiary/aromatic N) is 1. The molecular weight excluding hydrogens is 735 g/mol. The molecule has 0 aliphatic heterocycles. The standard InChI is InChI=1S/C56H37NOS/c1-2-14-36(15-3-1)43-30-28-39(49-33-38-16-4-5-19-42(38)45-20-6-7-21-46(45)49)34-51(43)57(41-29-31-55-50(35-41)47-22-9-11-27-54(47)59-55)40-18-12-17-37(32-40)44-24-13-26-53-56(44)48-23-8-10-25-52(48)58-53/h1-10,12-26,28-35H,11,27H2. The van der Waals surface area contributed by atoms with Crippen LogP contribution < -0.4 is 4.90 Å². The van der Waals surface area contributed by atoms with E-state index in [9.17, 15) is 0 Å². The van der Waals surface area contributed by atoms with Crippen molar-refractivity contribution < 1.29 is 4.42 Å². The minimum absolute atomic E-state index is 0.897. The first-order chi connectivity index (χ1) is 29.2. The highest BCUT2D eigenvalue weighted by Gasteiger charge is 2.23. The van der Waals surface area contributed by atoms with Crippen molar-refractivity contribution in [1.82, 2.24) is 0 Å². The van der Waals surface area contributed by atoms with Crippen molar-refractivity contribution in [3.8, 4) is 33.4 Å². The SMILES string of the molecule is C1=Cc2c(sc3ccc(N(c4cccc(-c5cccc6oc7ccccc7c56)c4)c4cc(-c5cc6ccccc6c6ccccc56)ccc4-c4ccccc4)cc23)CC1. The number of benzene rings is 9. The summed E-state index contributed by atoms with van der Waals surface area (Å²) in [5, 5.41) is 8.60. The summed E-state index contributed by atoms with van der Waals surface area (Å²) >= 11 is 1.94. The maximum Gasteiger partial charge on any atom is 0.136 e. The van der Waals surface area contributed by atoms with E-state index >= 15 is 0 Å². The van der Waals surface area contributed by atoms with E-state index in [0.717, 1.165) is 63.0 Å². The molecule has 0 unspecified atom stereocenters. The summed E-state index contributed by atoms with van der Waals surface area (Å²) in [6, 6.07) is 68.7. The van der Waals surface area contributed by atoms with Crippen LogP contribution in [0.1, 0.15) is 16.9 Å². The third-order valence-corrected chi connectivity index (χ3v) is 13.3. The van der Waals surface area contributed by atoms with E-state index in [4.69, 9.17) is 4.42 Å². The van der Waals surface area contributed by atoms with Gasteiger partial charge in [0.25, 0.3) is 0 Å². The predicted molar refractivity (Wildman–Crippen MR) is 252 cm³/mol. The molecule has 0 fully saturated rings. The molecule has 0 spiro atoms. The van der Waals surface area contributed by atoms with Gasteiger partial charge >= 0.3 is 0 Å². The molecule has 2 aromatic heterocycles. The molecule has 11 aromatic rings. The van der Waals surface area contributed by atoms with Crippen molar-refractivity contribution in [3.05, 3.63) is 205 Å². The summed E-state index contributed by atoms with van der Waals surface area (Å²) in [5.41, 5.74) is 13.5. The highest BCUT2D eigenvalue weighted by molar-refractivity contribution is 7.19. The highest BCUT2D eigenvalue weighted by atomic mass is 32.1. The van der Waals surface area contributed by atoms with Crippen molar-refractivity contribution in [1.29, 1.82) is 0 Å². The number of aryl methyl sites for hydroxylation is 1. The summed E-state index contributed by atoms with van der Waals surface area (Å²) < 4.78 is 7.70. The number of anilines is 3. The lowest BCUT2D eigenvalue weighted by atomic mass is 9.91. The van der Waals surface area contributed by atoms with Crippen molar-refractivity contribution >= 4 is 88.0 Å². The summed E-state index contributed by atoms with van der Waals surface area (Å²) in [7, 11) is 0. The van der Waals surface area contributed by atoms with E-state index in [-0.39, 0.29) is 0 Å². The van der Waals surface area contributed by atoms with Gasteiger partial charge in [0, 0.05) is 42.7 Å². The van der Waals surface area contributed by atoms with Crippen LogP contribution in [0.4, 0.5) is 17.1 Å². The summed E-state index contributed by atoms with van der Waals surface area (Å²) in [4.78, 5) is 3.96. The Morgan fingerprint density at radius 2 is 1.19 bits per heavy atom. The number of fused-ring (bicyclic) bond motifs is 9. The summed E-state index contributed by atoms with van der Waals surface area (Å²) in [5.74, 6) is 0. The topological polar surface area (TPSA) is 16.4 Å². The fourth-order valence-electron chi connectivity index (χ4n) is 9.37. The molecule has 0 saturated carbocycles. The Morgan fingerprint density at radius 3 is 2.10 bits per heavy atom. The highest BCUT2D eigenvalue weighted by Crippen LogP contribution is 2.48. The lowest BCUT2D eigenvalue weighted by Gasteiger charge is -2.29. The van der Waals surface area contributed by atoms with Gasteiger partial charge in [-0.15, -0.1) is 11.3 Å². The molecule has 2 nitrogen and oxygen atoms in total. The number of rotatable bonds is 6. The van der Waals surface area contributed by atoms with Crippen LogP contribution in [-0.2, 0) is 6.42 Å². The van der Waals surface area contributed by atoms with Crippen LogP contribution in [0.15, 0.2) is 199 Å². The number of furan rings is 1. The molecule has 1 aliphatic carbocycles. The second-order valence-electron chi connectivity index (χ2n) is 15.5. The second-order valence-corrected chi connectivity index (χ2v) is 16.6.